The molecule has 0 aliphatic carbocycles. The maximum Gasteiger partial charge on any atom is 0.272 e. The minimum Gasteiger partial charge on any atom is -0.285 e. The summed E-state index contributed by atoms with van der Waals surface area (Å²) in [5.41, 5.74) is 0.0291. The predicted octanol–water partition coefficient (Wildman–Crippen LogP) is 3.46. The monoisotopic (exact) mass is 262 g/mol. The molecule has 1 aromatic carbocycles. The van der Waals surface area contributed by atoms with Crippen molar-refractivity contribution in [1.82, 2.24) is 5.01 Å². The fourth-order valence-electron chi connectivity index (χ4n) is 0.887. The molecule has 8 heteroatoms. The summed E-state index contributed by atoms with van der Waals surface area (Å²) in [6.45, 7) is 0. The van der Waals surface area contributed by atoms with E-state index in [1.54, 1.807) is 14.1 Å². The molecule has 0 heterocycles. The molecule has 0 aliphatic heterocycles. The van der Waals surface area contributed by atoms with Gasteiger partial charge in [-0.25, -0.2) is 0 Å². The molecular weight excluding hydrogens is 255 g/mol. The topological polar surface area (TPSA) is 71.1 Å². The third-order valence-corrected chi connectivity index (χ3v) is 2.11. The van der Waals surface area contributed by atoms with Crippen molar-refractivity contribution in [2.24, 2.45) is 10.3 Å². The van der Waals surface area contributed by atoms with Gasteiger partial charge in [0.25, 0.3) is 5.69 Å². The van der Waals surface area contributed by atoms with Crippen LogP contribution in [0, 0.1) is 10.1 Å². The van der Waals surface area contributed by atoms with E-state index in [4.69, 9.17) is 23.2 Å². The Morgan fingerprint density at radius 1 is 1.31 bits per heavy atom. The van der Waals surface area contributed by atoms with Crippen LogP contribution in [0.25, 0.3) is 0 Å². The van der Waals surface area contributed by atoms with Crippen LogP contribution < -0.4 is 0 Å². The van der Waals surface area contributed by atoms with Crippen molar-refractivity contribution in [2.45, 2.75) is 0 Å². The van der Waals surface area contributed by atoms with Crippen molar-refractivity contribution >= 4 is 34.6 Å². The van der Waals surface area contributed by atoms with Crippen molar-refractivity contribution in [3.05, 3.63) is 32.3 Å². The normalized spacial score (nSPS) is 10.8. The second kappa shape index (κ2) is 5.09. The molecule has 86 valence electrons. The summed E-state index contributed by atoms with van der Waals surface area (Å²) in [4.78, 5) is 9.93. The van der Waals surface area contributed by atoms with Gasteiger partial charge < -0.3 is 0 Å². The predicted molar refractivity (Wildman–Crippen MR) is 61.3 cm³/mol. The molecule has 0 unspecified atom stereocenters. The molecule has 0 N–H and O–H groups in total. The minimum atomic E-state index is -0.579. The number of nitrogens with zero attached hydrogens (tertiary/aromatic N) is 4. The quantitative estimate of drug-likeness (QED) is 0.476. The standard InChI is InChI=1S/C8H8Cl2N4O2/c1-13(2)12-11-8-6(9)3-5(14(15)16)4-7(8)10/h3-4H,1-2H3. The van der Waals surface area contributed by atoms with E-state index in [2.05, 4.69) is 10.3 Å². The molecule has 0 amide bonds. The largest absolute Gasteiger partial charge is 0.285 e. The maximum absolute atomic E-state index is 10.5. The second-order valence-corrected chi connectivity index (χ2v) is 3.87. The van der Waals surface area contributed by atoms with Crippen LogP contribution in [0.4, 0.5) is 11.4 Å². The van der Waals surface area contributed by atoms with E-state index in [0.717, 1.165) is 0 Å². The summed E-state index contributed by atoms with van der Waals surface area (Å²) < 4.78 is 0. The van der Waals surface area contributed by atoms with Gasteiger partial charge in [0, 0.05) is 26.2 Å². The van der Waals surface area contributed by atoms with Crippen molar-refractivity contribution in [3.63, 3.8) is 0 Å². The number of hydrogen-bond donors (Lipinski definition) is 0. The fraction of sp³-hybridized carbons (Fsp3) is 0.250. The molecule has 6 nitrogen and oxygen atoms in total. The molecule has 0 fully saturated rings. The van der Waals surface area contributed by atoms with Gasteiger partial charge in [0.15, 0.2) is 0 Å². The van der Waals surface area contributed by atoms with Gasteiger partial charge in [0.2, 0.25) is 0 Å². The van der Waals surface area contributed by atoms with Crippen LogP contribution >= 0.6 is 23.2 Å². The zero-order valence-electron chi connectivity index (χ0n) is 8.52. The summed E-state index contributed by atoms with van der Waals surface area (Å²) in [7, 11) is 3.35. The summed E-state index contributed by atoms with van der Waals surface area (Å²) in [5.74, 6) is 0. The number of benzene rings is 1. The van der Waals surface area contributed by atoms with Crippen LogP contribution in [-0.2, 0) is 0 Å². The fourth-order valence-corrected chi connectivity index (χ4v) is 1.44. The Morgan fingerprint density at radius 2 is 1.81 bits per heavy atom. The molecule has 0 aromatic heterocycles. The van der Waals surface area contributed by atoms with Crippen LogP contribution in [0.15, 0.2) is 22.5 Å². The van der Waals surface area contributed by atoms with Crippen molar-refractivity contribution in [1.29, 1.82) is 0 Å². The Bertz CT molecular complexity index is 425. The van der Waals surface area contributed by atoms with Gasteiger partial charge in [-0.3, -0.25) is 15.1 Å². The summed E-state index contributed by atoms with van der Waals surface area (Å²) in [5, 5.41) is 19.6. The number of nitro benzene ring substituents is 1. The lowest BCUT2D eigenvalue weighted by atomic mass is 10.3. The molecule has 0 aliphatic rings. The average molecular weight is 263 g/mol. The smallest absolute Gasteiger partial charge is 0.272 e. The lowest BCUT2D eigenvalue weighted by molar-refractivity contribution is -0.384. The first-order valence-electron chi connectivity index (χ1n) is 4.14. The van der Waals surface area contributed by atoms with Gasteiger partial charge >= 0.3 is 0 Å². The highest BCUT2D eigenvalue weighted by atomic mass is 35.5. The highest BCUT2D eigenvalue weighted by Crippen LogP contribution is 2.36. The molecule has 0 saturated heterocycles. The summed E-state index contributed by atoms with van der Waals surface area (Å²) >= 11 is 11.6. The van der Waals surface area contributed by atoms with Gasteiger partial charge in [-0.1, -0.05) is 28.4 Å². The Labute approximate surface area is 102 Å². The van der Waals surface area contributed by atoms with Crippen LogP contribution in [0.5, 0.6) is 0 Å². The lowest BCUT2D eigenvalue weighted by Crippen LogP contribution is -1.99. The van der Waals surface area contributed by atoms with Crippen LogP contribution in [0.2, 0.25) is 10.0 Å². The van der Waals surface area contributed by atoms with E-state index in [9.17, 15) is 10.1 Å². The molecule has 0 spiro atoms. The molecule has 0 saturated carbocycles. The van der Waals surface area contributed by atoms with Crippen molar-refractivity contribution in [3.8, 4) is 0 Å². The minimum absolute atomic E-state index is 0.0878. The van der Waals surface area contributed by atoms with Gasteiger partial charge in [0.1, 0.15) is 5.69 Å². The Kier molecular flexibility index (Phi) is 4.03. The molecule has 0 bridgehead atoms. The highest BCUT2D eigenvalue weighted by Gasteiger charge is 2.14. The molecule has 0 atom stereocenters. The van der Waals surface area contributed by atoms with E-state index < -0.39 is 4.92 Å². The van der Waals surface area contributed by atoms with E-state index in [-0.39, 0.29) is 21.4 Å². The van der Waals surface area contributed by atoms with E-state index >= 15 is 0 Å². The number of rotatable bonds is 3. The van der Waals surface area contributed by atoms with E-state index in [1.165, 1.54) is 17.1 Å². The SMILES string of the molecule is CN(C)N=Nc1c(Cl)cc([N+](=O)[O-])cc1Cl. The van der Waals surface area contributed by atoms with Gasteiger partial charge in [-0.15, -0.1) is 5.11 Å². The first-order chi connectivity index (χ1) is 7.41. The van der Waals surface area contributed by atoms with Crippen LogP contribution in [-0.4, -0.2) is 24.0 Å². The first-order valence-corrected chi connectivity index (χ1v) is 4.90. The molecule has 1 aromatic rings. The van der Waals surface area contributed by atoms with Gasteiger partial charge in [0.05, 0.1) is 15.0 Å². The third kappa shape index (κ3) is 3.04. The highest BCUT2D eigenvalue weighted by molar-refractivity contribution is 6.39. The molecular formula is C8H8Cl2N4O2. The molecule has 1 rings (SSSR count). The number of hydrogen-bond acceptors (Lipinski definition) is 4. The Hall–Kier alpha value is -1.40. The Balaban J connectivity index is 3.18. The van der Waals surface area contributed by atoms with E-state index in [1.807, 2.05) is 0 Å². The zero-order valence-corrected chi connectivity index (χ0v) is 10.0. The van der Waals surface area contributed by atoms with Crippen LogP contribution in [0.1, 0.15) is 0 Å². The van der Waals surface area contributed by atoms with Crippen LogP contribution in [0.3, 0.4) is 0 Å². The average Bonchev–Trinajstić information content (AvgIpc) is 2.15. The second-order valence-electron chi connectivity index (χ2n) is 3.05. The zero-order chi connectivity index (χ0) is 12.3. The maximum atomic E-state index is 10.5. The van der Waals surface area contributed by atoms with Crippen molar-refractivity contribution in [2.75, 3.05) is 14.1 Å². The van der Waals surface area contributed by atoms with Gasteiger partial charge in [-0.2, -0.15) is 0 Å². The number of halogens is 2. The Morgan fingerprint density at radius 3 is 2.19 bits per heavy atom. The number of non-ortho nitro benzene ring substituents is 1. The summed E-state index contributed by atoms with van der Waals surface area (Å²) in [6, 6.07) is 2.36. The van der Waals surface area contributed by atoms with E-state index in [0.29, 0.717) is 0 Å². The third-order valence-electron chi connectivity index (χ3n) is 1.54. The number of nitro groups is 1. The lowest BCUT2D eigenvalue weighted by Gasteiger charge is -2.03. The molecule has 0 radical (unpaired) electrons. The summed E-state index contributed by atoms with van der Waals surface area (Å²) in [6.07, 6.45) is 0. The first kappa shape index (κ1) is 12.7. The van der Waals surface area contributed by atoms with Crippen molar-refractivity contribution < 1.29 is 4.92 Å². The molecule has 16 heavy (non-hydrogen) atoms. The van der Waals surface area contributed by atoms with Gasteiger partial charge in [-0.05, 0) is 0 Å².